The Morgan fingerprint density at radius 1 is 0.613 bits per heavy atom. The first-order valence-electron chi connectivity index (χ1n) is 24.7. The van der Waals surface area contributed by atoms with Crippen LogP contribution in [-0.2, 0) is 22.7 Å². The highest BCUT2D eigenvalue weighted by Crippen LogP contribution is 2.18. The van der Waals surface area contributed by atoms with Gasteiger partial charge in [-0.25, -0.2) is 24.9 Å². The van der Waals surface area contributed by atoms with Gasteiger partial charge in [-0.15, -0.1) is 0 Å². The number of nitrogens with two attached hydrogens (primary N) is 5. The Morgan fingerprint density at radius 3 is 1.49 bits per heavy atom. The smallest absolute Gasteiger partial charge is 0.280 e. The van der Waals surface area contributed by atoms with Crippen molar-refractivity contribution in [3.8, 4) is 11.5 Å². The van der Waals surface area contributed by atoms with Gasteiger partial charge in [-0.2, -0.15) is 0 Å². The summed E-state index contributed by atoms with van der Waals surface area (Å²) in [7, 11) is 8.08. The zero-order valence-corrected chi connectivity index (χ0v) is 44.0. The van der Waals surface area contributed by atoms with Gasteiger partial charge < -0.3 is 73.7 Å². The molecule has 16 N–H and O–H groups in total. The highest BCUT2D eigenvalue weighted by Gasteiger charge is 2.44. The number of nitrogens with zero attached hydrogens (tertiary/aromatic N) is 9. The van der Waals surface area contributed by atoms with E-state index in [1.807, 2.05) is 76.7 Å². The third-order valence-corrected chi connectivity index (χ3v) is 12.1. The van der Waals surface area contributed by atoms with E-state index >= 15 is 0 Å². The minimum Gasteiger partial charge on any atom is -0.492 e. The number of hydrogen-bond donors (Lipinski definition) is 11. The predicted molar refractivity (Wildman–Crippen MR) is 288 cm³/mol. The molecule has 1 unspecified atom stereocenters. The maximum Gasteiger partial charge on any atom is 0.280 e. The van der Waals surface area contributed by atoms with Crippen LogP contribution in [0.15, 0.2) is 53.5 Å². The number of aromatic nitrogens is 4. The van der Waals surface area contributed by atoms with Gasteiger partial charge in [-0.05, 0) is 77.4 Å². The number of likely N-dealkylation sites (N-methyl/N-ethyl adjacent to an activating group) is 4. The van der Waals surface area contributed by atoms with E-state index in [1.54, 1.807) is 13.8 Å². The SMILES string of the molecule is Cc1nc(C(=O)NC(N)=NCc2ccc(OCCN(C)CCN(C)CCNC(=O)CCC(=O)NCCN(C)CCN(C)CCOc3ccc(CNC4(NC(=O)c5nc(C)c(N)nc5N)CN4)cc3)cc2)c(N)nc1N. The van der Waals surface area contributed by atoms with Crippen molar-refractivity contribution in [1.82, 2.24) is 71.4 Å². The molecule has 2 aromatic heterocycles. The Balaban J connectivity index is 0.823. The first-order valence-corrected chi connectivity index (χ1v) is 24.7. The van der Waals surface area contributed by atoms with Crippen molar-refractivity contribution in [2.24, 2.45) is 10.7 Å². The Kier molecular flexibility index (Phi) is 22.4. The van der Waals surface area contributed by atoms with Crippen molar-refractivity contribution in [2.45, 2.75) is 45.6 Å². The van der Waals surface area contributed by atoms with Crippen LogP contribution < -0.4 is 70.0 Å². The van der Waals surface area contributed by atoms with E-state index in [1.165, 1.54) is 0 Å². The molecule has 1 atom stereocenters. The zero-order chi connectivity index (χ0) is 54.5. The number of carbonyl (C=O) groups excluding carboxylic acids is 4. The number of benzene rings is 2. The van der Waals surface area contributed by atoms with Crippen LogP contribution in [0.4, 0.5) is 23.3 Å². The summed E-state index contributed by atoms with van der Waals surface area (Å²) in [6, 6.07) is 15.2. The molecule has 2 aromatic carbocycles. The van der Waals surface area contributed by atoms with Gasteiger partial charge in [0.2, 0.25) is 11.8 Å². The van der Waals surface area contributed by atoms with Crippen LogP contribution in [0, 0.1) is 13.8 Å². The quantitative estimate of drug-likeness (QED) is 0.0117. The van der Waals surface area contributed by atoms with Crippen molar-refractivity contribution in [3.63, 3.8) is 0 Å². The lowest BCUT2D eigenvalue weighted by molar-refractivity contribution is -0.126. The fraction of sp³-hybridized carbons (Fsp3) is 0.490. The van der Waals surface area contributed by atoms with Crippen LogP contribution in [-0.4, -0.2) is 188 Å². The van der Waals surface area contributed by atoms with Crippen LogP contribution in [0.2, 0.25) is 0 Å². The zero-order valence-electron chi connectivity index (χ0n) is 44.0. The lowest BCUT2D eigenvalue weighted by atomic mass is 10.2. The second-order valence-corrected chi connectivity index (χ2v) is 18.5. The minimum atomic E-state index is -0.765. The number of nitrogen functional groups attached to an aromatic ring is 4. The molecular weight excluding hydrogens is 965 g/mol. The Morgan fingerprint density at radius 2 is 1.04 bits per heavy atom. The Labute approximate surface area is 438 Å². The first kappa shape index (κ1) is 58.4. The van der Waals surface area contributed by atoms with Crippen molar-refractivity contribution < 1.29 is 28.7 Å². The third-order valence-electron chi connectivity index (χ3n) is 12.1. The third kappa shape index (κ3) is 20.4. The van der Waals surface area contributed by atoms with Gasteiger partial charge in [0.25, 0.3) is 11.8 Å². The molecule has 75 heavy (non-hydrogen) atoms. The fourth-order valence-corrected chi connectivity index (χ4v) is 7.01. The maximum atomic E-state index is 12.8. The van der Waals surface area contributed by atoms with E-state index in [2.05, 4.69) is 76.4 Å². The van der Waals surface area contributed by atoms with Crippen LogP contribution in [0.3, 0.4) is 0 Å². The molecule has 4 amide bonds. The molecule has 1 aliphatic rings. The van der Waals surface area contributed by atoms with E-state index in [4.69, 9.17) is 38.1 Å². The number of carbonyl (C=O) groups is 4. The largest absolute Gasteiger partial charge is 0.492 e. The number of hydrogen-bond acceptors (Lipinski definition) is 21. The second kappa shape index (κ2) is 28.8. The molecule has 26 nitrogen and oxygen atoms in total. The average molecular weight is 1040 g/mol. The molecule has 5 rings (SSSR count). The molecule has 0 saturated carbocycles. The van der Waals surface area contributed by atoms with Gasteiger partial charge in [0.15, 0.2) is 34.8 Å². The lowest BCUT2D eigenvalue weighted by Crippen LogP contribution is -2.51. The summed E-state index contributed by atoms with van der Waals surface area (Å²) in [5.41, 5.74) is 31.6. The number of aryl methyl sites for hydroxylation is 2. The van der Waals surface area contributed by atoms with Crippen molar-refractivity contribution >= 4 is 52.9 Å². The van der Waals surface area contributed by atoms with Gasteiger partial charge in [-0.1, -0.05) is 24.3 Å². The summed E-state index contributed by atoms with van der Waals surface area (Å²) in [6.07, 6.45) is 0.260. The number of nitrogens with one attached hydrogen (secondary N) is 6. The molecule has 26 heteroatoms. The summed E-state index contributed by atoms with van der Waals surface area (Å²) in [4.78, 5) is 79.3. The monoisotopic (exact) mass is 1040 g/mol. The number of amides is 4. The van der Waals surface area contributed by atoms with Gasteiger partial charge in [0.05, 0.1) is 17.9 Å². The molecular formula is C49H76N20O6. The van der Waals surface area contributed by atoms with Crippen LogP contribution in [0.25, 0.3) is 0 Å². The van der Waals surface area contributed by atoms with E-state index in [9.17, 15) is 19.2 Å². The fourth-order valence-electron chi connectivity index (χ4n) is 7.01. The highest BCUT2D eigenvalue weighted by atomic mass is 16.5. The van der Waals surface area contributed by atoms with Gasteiger partial charge in [0.1, 0.15) is 36.3 Å². The molecule has 0 aliphatic carbocycles. The molecule has 3 heterocycles. The van der Waals surface area contributed by atoms with E-state index in [0.717, 1.165) is 49.6 Å². The van der Waals surface area contributed by atoms with E-state index in [-0.39, 0.29) is 71.8 Å². The maximum absolute atomic E-state index is 12.8. The first-order chi connectivity index (χ1) is 35.8. The van der Waals surface area contributed by atoms with Crippen LogP contribution >= 0.6 is 0 Å². The number of ether oxygens (including phenoxy) is 2. The number of aliphatic imine (C=N–C) groups is 1. The van der Waals surface area contributed by atoms with E-state index < -0.39 is 17.6 Å². The second-order valence-electron chi connectivity index (χ2n) is 18.5. The van der Waals surface area contributed by atoms with Crippen molar-refractivity contribution in [2.75, 3.05) is 136 Å². The van der Waals surface area contributed by atoms with Gasteiger partial charge >= 0.3 is 0 Å². The number of anilines is 4. The van der Waals surface area contributed by atoms with Gasteiger partial charge in [-0.3, -0.25) is 35.1 Å². The molecule has 1 saturated heterocycles. The predicted octanol–water partition coefficient (Wildman–Crippen LogP) is -1.57. The molecule has 1 fully saturated rings. The molecule has 408 valence electrons. The van der Waals surface area contributed by atoms with E-state index in [0.29, 0.717) is 76.2 Å². The molecule has 4 aromatic rings. The molecule has 0 spiro atoms. The Hall–Kier alpha value is -7.49. The summed E-state index contributed by atoms with van der Waals surface area (Å²) < 4.78 is 11.9. The molecule has 0 radical (unpaired) electrons. The normalized spacial score (nSPS) is 14.3. The summed E-state index contributed by atoms with van der Waals surface area (Å²) >= 11 is 0. The average Bonchev–Trinajstić information content (AvgIpc) is 4.15. The number of rotatable bonds is 31. The van der Waals surface area contributed by atoms with Gasteiger partial charge in [0, 0.05) is 91.4 Å². The summed E-state index contributed by atoms with van der Waals surface area (Å²) in [5.74, 6) is -0.554. The van der Waals surface area contributed by atoms with Crippen LogP contribution in [0.1, 0.15) is 56.3 Å². The van der Waals surface area contributed by atoms with Crippen LogP contribution in [0.5, 0.6) is 11.5 Å². The lowest BCUT2D eigenvalue weighted by Gasteiger charge is -2.22. The number of guanidine groups is 1. The van der Waals surface area contributed by atoms with Crippen molar-refractivity contribution in [1.29, 1.82) is 0 Å². The minimum absolute atomic E-state index is 0.0244. The Bertz CT molecular complexity index is 2550. The standard InChI is InChI=1S/C49H76N20O6/c1-32-42(50)62-44(52)40(60-32)46(72)64-48(54)57-29-34-7-11-36(12-8-34)74-27-25-68(5)23-21-66(3)19-17-55-38(70)15-16-39(71)56-18-20-67(4)22-24-69(6)26-28-75-37-13-9-35(10-14-37)30-58-49(31-59-49)65-47(73)41-45(53)63-43(51)33(2)61-41/h7-14,58-59H,15-31H2,1-6H3,(H,55,70)(H,56,71)(H,65,73)(H4,50,52,62)(H4,51,53,63)(H3,54,57,64,72). The topological polar surface area (TPSA) is 376 Å². The highest BCUT2D eigenvalue weighted by molar-refractivity contribution is 6.06. The summed E-state index contributed by atoms with van der Waals surface area (Å²) in [5, 5.41) is 17.7. The summed E-state index contributed by atoms with van der Waals surface area (Å²) in [6.45, 7) is 12.6. The van der Waals surface area contributed by atoms with Crippen molar-refractivity contribution in [3.05, 3.63) is 82.4 Å². The molecule has 0 bridgehead atoms. The molecule has 1 aliphatic heterocycles.